The molecule has 1 saturated heterocycles. The molecule has 1 aliphatic heterocycles. The fraction of sp³-hybridized carbons (Fsp3) is 0.286. The van der Waals surface area contributed by atoms with Crippen LogP contribution < -0.4 is 10.6 Å². The Morgan fingerprint density at radius 3 is 2.60 bits per heavy atom. The molecule has 1 fully saturated rings. The minimum atomic E-state index is -3.32. The Hall–Kier alpha value is -3.20. The predicted octanol–water partition coefficient (Wildman–Crippen LogP) is 2.52. The number of nitrogens with one attached hydrogen (secondary N) is 1. The average molecular weight is 423 g/mol. The van der Waals surface area contributed by atoms with Crippen LogP contribution in [0.4, 0.5) is 5.82 Å². The lowest BCUT2D eigenvalue weighted by atomic mass is 10.0. The zero-order valence-electron chi connectivity index (χ0n) is 16.4. The van der Waals surface area contributed by atoms with Gasteiger partial charge in [-0.25, -0.2) is 23.2 Å². The minimum Gasteiger partial charge on any atom is -0.356 e. The van der Waals surface area contributed by atoms with Crippen molar-refractivity contribution < 1.29 is 8.42 Å². The first-order chi connectivity index (χ1) is 14.4. The molecule has 0 amide bonds. The van der Waals surface area contributed by atoms with Gasteiger partial charge < -0.3 is 9.88 Å². The van der Waals surface area contributed by atoms with Crippen LogP contribution in [0.1, 0.15) is 18.9 Å². The molecule has 2 aromatic carbocycles. The second kappa shape index (κ2) is 6.94. The fourth-order valence-corrected chi connectivity index (χ4v) is 4.92. The summed E-state index contributed by atoms with van der Waals surface area (Å²) in [6.07, 6.45) is 4.29. The number of anilines is 1. The van der Waals surface area contributed by atoms with Crippen LogP contribution in [0.25, 0.3) is 21.9 Å². The molecule has 0 bridgehead atoms. The zero-order chi connectivity index (χ0) is 20.9. The number of hydrogen-bond acceptors (Lipinski definition) is 6. The van der Waals surface area contributed by atoms with Gasteiger partial charge in [0.25, 0.3) is 0 Å². The van der Waals surface area contributed by atoms with Crippen LogP contribution in [0.15, 0.2) is 58.5 Å². The maximum absolute atomic E-state index is 12.5. The monoisotopic (exact) mass is 423 g/mol. The average Bonchev–Trinajstić information content (AvgIpc) is 3.08. The Morgan fingerprint density at radius 2 is 1.83 bits per heavy atom. The van der Waals surface area contributed by atoms with Gasteiger partial charge in [-0.2, -0.15) is 0 Å². The maximum Gasteiger partial charge on any atom is 0.326 e. The molecule has 5 rings (SSSR count). The zero-order valence-corrected chi connectivity index (χ0v) is 17.3. The van der Waals surface area contributed by atoms with Crippen molar-refractivity contribution in [1.29, 1.82) is 0 Å². The third-order valence-corrected chi connectivity index (χ3v) is 6.88. The molecule has 8 nitrogen and oxygen atoms in total. The second-order valence-corrected chi connectivity index (χ2v) is 9.70. The number of imidazole rings is 1. The molecule has 2 aromatic heterocycles. The minimum absolute atomic E-state index is 0.0834. The van der Waals surface area contributed by atoms with E-state index in [0.717, 1.165) is 35.1 Å². The van der Waals surface area contributed by atoms with Gasteiger partial charge in [0.15, 0.2) is 9.84 Å². The highest BCUT2D eigenvalue weighted by molar-refractivity contribution is 7.90. The highest BCUT2D eigenvalue weighted by atomic mass is 32.2. The molecule has 154 valence electrons. The van der Waals surface area contributed by atoms with E-state index in [1.165, 1.54) is 12.6 Å². The molecule has 0 spiro atoms. The van der Waals surface area contributed by atoms with E-state index < -0.39 is 9.84 Å². The number of H-pyrrole nitrogens is 1. The van der Waals surface area contributed by atoms with Gasteiger partial charge in [-0.05, 0) is 43.2 Å². The molecule has 9 heteroatoms. The van der Waals surface area contributed by atoms with Crippen LogP contribution in [-0.2, 0) is 9.84 Å². The van der Waals surface area contributed by atoms with E-state index in [1.807, 2.05) is 28.8 Å². The first kappa shape index (κ1) is 18.8. The van der Waals surface area contributed by atoms with Crippen molar-refractivity contribution in [2.45, 2.75) is 23.8 Å². The van der Waals surface area contributed by atoms with Crippen molar-refractivity contribution in [3.8, 4) is 0 Å². The summed E-state index contributed by atoms with van der Waals surface area (Å²) < 4.78 is 25.8. The van der Waals surface area contributed by atoms with Crippen LogP contribution in [0.3, 0.4) is 0 Å². The number of piperidine rings is 1. The lowest BCUT2D eigenvalue weighted by molar-refractivity contribution is 0.395. The van der Waals surface area contributed by atoms with Gasteiger partial charge in [0.1, 0.15) is 12.1 Å². The van der Waals surface area contributed by atoms with Crippen molar-refractivity contribution >= 4 is 37.6 Å². The van der Waals surface area contributed by atoms with Crippen molar-refractivity contribution in [3.05, 3.63) is 59.3 Å². The summed E-state index contributed by atoms with van der Waals surface area (Å²) in [6, 6.07) is 12.8. The summed E-state index contributed by atoms with van der Waals surface area (Å²) in [5, 5.41) is 0.725. The van der Waals surface area contributed by atoms with Crippen LogP contribution in [0, 0.1) is 0 Å². The number of hydrogen-bond donors (Lipinski definition) is 1. The van der Waals surface area contributed by atoms with E-state index in [-0.39, 0.29) is 16.6 Å². The SMILES string of the molecule is CS(=O)(=O)c1ccc2ncnc(N3CCC(n4c(=O)[nH]c5ccccc54)CC3)c2c1. The highest BCUT2D eigenvalue weighted by Crippen LogP contribution is 2.31. The Labute approximate surface area is 173 Å². The van der Waals surface area contributed by atoms with Crippen LogP contribution in [0.5, 0.6) is 0 Å². The summed E-state index contributed by atoms with van der Waals surface area (Å²) in [5.41, 5.74) is 2.40. The summed E-state index contributed by atoms with van der Waals surface area (Å²) in [6.45, 7) is 1.43. The smallest absolute Gasteiger partial charge is 0.326 e. The van der Waals surface area contributed by atoms with Gasteiger partial charge >= 0.3 is 5.69 Å². The number of sulfone groups is 1. The number of nitrogens with zero attached hydrogens (tertiary/aromatic N) is 4. The third-order valence-electron chi connectivity index (χ3n) is 5.77. The van der Waals surface area contributed by atoms with Gasteiger partial charge in [0.2, 0.25) is 0 Å². The lowest BCUT2D eigenvalue weighted by Crippen LogP contribution is -2.37. The van der Waals surface area contributed by atoms with E-state index in [9.17, 15) is 13.2 Å². The number of fused-ring (bicyclic) bond motifs is 2. The molecule has 0 radical (unpaired) electrons. The van der Waals surface area contributed by atoms with Crippen LogP contribution >= 0.6 is 0 Å². The maximum atomic E-state index is 12.5. The van der Waals surface area contributed by atoms with Crippen molar-refractivity contribution in [3.63, 3.8) is 0 Å². The molecular formula is C21H21N5O3S. The summed E-state index contributed by atoms with van der Waals surface area (Å²) >= 11 is 0. The normalized spacial score (nSPS) is 15.8. The highest BCUT2D eigenvalue weighted by Gasteiger charge is 2.25. The quantitative estimate of drug-likeness (QED) is 0.543. The van der Waals surface area contributed by atoms with Crippen molar-refractivity contribution in [2.24, 2.45) is 0 Å². The summed E-state index contributed by atoms with van der Waals surface area (Å²) in [4.78, 5) is 26.6. The molecular weight excluding hydrogens is 402 g/mol. The molecule has 0 aliphatic carbocycles. The van der Waals surface area contributed by atoms with E-state index in [0.29, 0.717) is 18.6 Å². The molecule has 1 N–H and O–H groups in total. The standard InChI is InChI=1S/C21H21N5O3S/c1-30(28,29)15-6-7-17-16(12-15)20(23-13-22-17)25-10-8-14(9-11-25)26-19-5-3-2-4-18(19)24-21(26)27/h2-7,12-14H,8-11H2,1H3,(H,24,27). The predicted molar refractivity (Wildman–Crippen MR) is 116 cm³/mol. The topological polar surface area (TPSA) is 101 Å². The lowest BCUT2D eigenvalue weighted by Gasteiger charge is -2.33. The molecule has 4 aromatic rings. The van der Waals surface area contributed by atoms with Gasteiger partial charge in [-0.3, -0.25) is 4.57 Å². The Balaban J connectivity index is 1.46. The first-order valence-electron chi connectivity index (χ1n) is 9.81. The number of aromatic nitrogens is 4. The Bertz CT molecular complexity index is 1420. The Morgan fingerprint density at radius 1 is 1.07 bits per heavy atom. The first-order valence-corrected chi connectivity index (χ1v) is 11.7. The number of benzene rings is 2. The molecule has 0 saturated carbocycles. The van der Waals surface area contributed by atoms with Gasteiger partial charge in [-0.15, -0.1) is 0 Å². The van der Waals surface area contributed by atoms with E-state index in [2.05, 4.69) is 19.9 Å². The van der Waals surface area contributed by atoms with Gasteiger partial charge in [0.05, 0.1) is 21.4 Å². The molecule has 0 atom stereocenters. The third kappa shape index (κ3) is 3.15. The largest absolute Gasteiger partial charge is 0.356 e. The second-order valence-electron chi connectivity index (χ2n) is 7.68. The van der Waals surface area contributed by atoms with E-state index in [4.69, 9.17) is 0 Å². The molecule has 3 heterocycles. The number of para-hydroxylation sites is 2. The van der Waals surface area contributed by atoms with Crippen molar-refractivity contribution in [2.75, 3.05) is 24.2 Å². The Kier molecular flexibility index (Phi) is 4.35. The molecule has 1 aliphatic rings. The summed E-state index contributed by atoms with van der Waals surface area (Å²) in [7, 11) is -3.32. The van der Waals surface area contributed by atoms with Crippen LogP contribution in [-0.4, -0.2) is 47.3 Å². The summed E-state index contributed by atoms with van der Waals surface area (Å²) in [5.74, 6) is 0.732. The molecule has 30 heavy (non-hydrogen) atoms. The number of aromatic amines is 1. The van der Waals surface area contributed by atoms with E-state index in [1.54, 1.807) is 18.2 Å². The fourth-order valence-electron chi connectivity index (χ4n) is 4.28. The van der Waals surface area contributed by atoms with Crippen LogP contribution in [0.2, 0.25) is 0 Å². The van der Waals surface area contributed by atoms with Crippen molar-refractivity contribution in [1.82, 2.24) is 19.5 Å². The van der Waals surface area contributed by atoms with Gasteiger partial charge in [0, 0.05) is 30.8 Å². The number of rotatable bonds is 3. The van der Waals surface area contributed by atoms with E-state index >= 15 is 0 Å². The molecule has 0 unspecified atom stereocenters. The van der Waals surface area contributed by atoms with Gasteiger partial charge in [-0.1, -0.05) is 12.1 Å².